The molecule has 0 aliphatic carbocycles. The van der Waals surface area contributed by atoms with Crippen molar-refractivity contribution in [2.24, 2.45) is 0 Å². The highest BCUT2D eigenvalue weighted by Gasteiger charge is 2.09. The maximum Gasteiger partial charge on any atom is 0.0234 e. The van der Waals surface area contributed by atoms with Crippen LogP contribution in [0.3, 0.4) is 0 Å². The monoisotopic (exact) mass is 258 g/mol. The third-order valence-electron chi connectivity index (χ3n) is 2.77. The minimum absolute atomic E-state index is 0. The Bertz CT molecular complexity index is 296. The number of hydrogen-bond acceptors (Lipinski definition) is 3. The lowest BCUT2D eigenvalue weighted by atomic mass is 10.2. The Labute approximate surface area is 108 Å². The van der Waals surface area contributed by atoms with E-state index in [2.05, 4.69) is 40.7 Å². The summed E-state index contributed by atoms with van der Waals surface area (Å²) in [4.78, 5) is 3.85. The predicted molar refractivity (Wildman–Crippen MR) is 73.6 cm³/mol. The quantitative estimate of drug-likeness (QED) is 0.838. The van der Waals surface area contributed by atoms with Crippen LogP contribution in [0.4, 0.5) is 0 Å². The summed E-state index contributed by atoms with van der Waals surface area (Å²) < 4.78 is 0. The summed E-state index contributed by atoms with van der Waals surface area (Å²) in [6, 6.07) is 8.91. The molecule has 1 saturated heterocycles. The van der Waals surface area contributed by atoms with Gasteiger partial charge in [0, 0.05) is 37.6 Å². The molecule has 1 aromatic rings. The van der Waals surface area contributed by atoms with Gasteiger partial charge in [0.2, 0.25) is 0 Å². The number of thioether (sulfide) groups is 1. The zero-order valence-electron chi connectivity index (χ0n) is 9.61. The maximum absolute atomic E-state index is 3.37. The van der Waals surface area contributed by atoms with Crippen LogP contribution in [-0.2, 0) is 6.54 Å². The fourth-order valence-corrected chi connectivity index (χ4v) is 2.27. The van der Waals surface area contributed by atoms with Crippen LogP contribution in [0.2, 0.25) is 0 Å². The summed E-state index contributed by atoms with van der Waals surface area (Å²) in [5.41, 5.74) is 1.43. The van der Waals surface area contributed by atoms with Gasteiger partial charge in [-0.05, 0) is 24.0 Å². The number of halogens is 1. The van der Waals surface area contributed by atoms with E-state index < -0.39 is 0 Å². The van der Waals surface area contributed by atoms with Crippen LogP contribution >= 0.6 is 24.2 Å². The highest BCUT2D eigenvalue weighted by Crippen LogP contribution is 2.15. The smallest absolute Gasteiger partial charge is 0.0234 e. The summed E-state index contributed by atoms with van der Waals surface area (Å²) in [6.07, 6.45) is 2.12. The van der Waals surface area contributed by atoms with E-state index in [9.17, 15) is 0 Å². The van der Waals surface area contributed by atoms with Crippen LogP contribution in [0.5, 0.6) is 0 Å². The molecule has 0 spiro atoms. The molecule has 1 heterocycles. The van der Waals surface area contributed by atoms with E-state index in [1.165, 1.54) is 23.5 Å². The maximum atomic E-state index is 3.37. The summed E-state index contributed by atoms with van der Waals surface area (Å²) in [5.74, 6) is 0. The molecule has 0 unspecified atom stereocenters. The second kappa shape index (κ2) is 7.17. The van der Waals surface area contributed by atoms with Gasteiger partial charge in [-0.1, -0.05) is 12.1 Å². The lowest BCUT2D eigenvalue weighted by Crippen LogP contribution is -2.42. The molecule has 2 rings (SSSR count). The van der Waals surface area contributed by atoms with Gasteiger partial charge < -0.3 is 5.32 Å². The molecule has 0 saturated carbocycles. The van der Waals surface area contributed by atoms with Gasteiger partial charge in [0.05, 0.1) is 0 Å². The highest BCUT2D eigenvalue weighted by molar-refractivity contribution is 7.98. The molecule has 2 nitrogen and oxygen atoms in total. The summed E-state index contributed by atoms with van der Waals surface area (Å²) in [5, 5.41) is 3.37. The van der Waals surface area contributed by atoms with Gasteiger partial charge in [-0.25, -0.2) is 0 Å². The molecule has 1 N–H and O–H groups in total. The number of rotatable bonds is 3. The largest absolute Gasteiger partial charge is 0.314 e. The molecule has 16 heavy (non-hydrogen) atoms. The lowest BCUT2D eigenvalue weighted by Gasteiger charge is -2.27. The Morgan fingerprint density at radius 2 is 1.81 bits per heavy atom. The van der Waals surface area contributed by atoms with E-state index in [-0.39, 0.29) is 12.4 Å². The van der Waals surface area contributed by atoms with Crippen molar-refractivity contribution >= 4 is 24.2 Å². The molecular formula is C12H19ClN2S. The predicted octanol–water partition coefficient (Wildman–Crippen LogP) is 2.24. The summed E-state index contributed by atoms with van der Waals surface area (Å²) in [7, 11) is 0. The molecule has 0 radical (unpaired) electrons. The van der Waals surface area contributed by atoms with E-state index in [0.29, 0.717) is 0 Å². The van der Waals surface area contributed by atoms with Crippen LogP contribution in [0.15, 0.2) is 29.2 Å². The van der Waals surface area contributed by atoms with Gasteiger partial charge in [0.1, 0.15) is 0 Å². The van der Waals surface area contributed by atoms with Gasteiger partial charge in [0.25, 0.3) is 0 Å². The Hall–Kier alpha value is -0.220. The standard InChI is InChI=1S/C12H18N2S.ClH/c1-15-12-4-2-11(3-5-12)10-14-8-6-13-7-9-14;/h2-5,13H,6-10H2,1H3;1H. The first kappa shape index (κ1) is 13.8. The topological polar surface area (TPSA) is 15.3 Å². The van der Waals surface area contributed by atoms with E-state index in [1.807, 2.05) is 0 Å². The van der Waals surface area contributed by atoms with Crippen molar-refractivity contribution in [3.05, 3.63) is 29.8 Å². The van der Waals surface area contributed by atoms with Crippen LogP contribution in [0, 0.1) is 0 Å². The average Bonchev–Trinajstić information content (AvgIpc) is 2.31. The average molecular weight is 259 g/mol. The molecule has 1 fully saturated rings. The van der Waals surface area contributed by atoms with Crippen molar-refractivity contribution in [2.45, 2.75) is 11.4 Å². The Balaban J connectivity index is 0.00000128. The van der Waals surface area contributed by atoms with E-state index in [4.69, 9.17) is 0 Å². The van der Waals surface area contributed by atoms with Crippen molar-refractivity contribution in [3.63, 3.8) is 0 Å². The van der Waals surface area contributed by atoms with Gasteiger partial charge in [0.15, 0.2) is 0 Å². The second-order valence-corrected chi connectivity index (χ2v) is 4.75. The highest BCUT2D eigenvalue weighted by atomic mass is 35.5. The second-order valence-electron chi connectivity index (χ2n) is 3.87. The molecule has 1 aliphatic heterocycles. The first-order valence-corrected chi connectivity index (χ1v) is 6.67. The number of nitrogens with zero attached hydrogens (tertiary/aromatic N) is 1. The summed E-state index contributed by atoms with van der Waals surface area (Å²) >= 11 is 1.80. The van der Waals surface area contributed by atoms with Gasteiger partial charge >= 0.3 is 0 Å². The number of benzene rings is 1. The van der Waals surface area contributed by atoms with Gasteiger partial charge in [-0.2, -0.15) is 0 Å². The van der Waals surface area contributed by atoms with Gasteiger partial charge in [-0.15, -0.1) is 24.2 Å². The fraction of sp³-hybridized carbons (Fsp3) is 0.500. The zero-order valence-corrected chi connectivity index (χ0v) is 11.2. The molecule has 4 heteroatoms. The van der Waals surface area contributed by atoms with Crippen molar-refractivity contribution in [1.29, 1.82) is 0 Å². The van der Waals surface area contributed by atoms with E-state index in [0.717, 1.165) is 19.6 Å². The van der Waals surface area contributed by atoms with Crippen molar-refractivity contribution in [2.75, 3.05) is 32.4 Å². The normalized spacial score (nSPS) is 16.8. The molecule has 0 bridgehead atoms. The number of hydrogen-bond donors (Lipinski definition) is 1. The van der Waals surface area contributed by atoms with Crippen molar-refractivity contribution < 1.29 is 0 Å². The molecule has 1 aliphatic rings. The van der Waals surface area contributed by atoms with Gasteiger partial charge in [-0.3, -0.25) is 4.90 Å². The fourth-order valence-electron chi connectivity index (χ4n) is 1.86. The Kier molecular flexibility index (Phi) is 6.21. The Morgan fingerprint density at radius 3 is 2.38 bits per heavy atom. The van der Waals surface area contributed by atoms with Crippen LogP contribution in [-0.4, -0.2) is 37.3 Å². The van der Waals surface area contributed by atoms with Crippen molar-refractivity contribution in [1.82, 2.24) is 10.2 Å². The van der Waals surface area contributed by atoms with Crippen LogP contribution in [0.1, 0.15) is 5.56 Å². The number of nitrogens with one attached hydrogen (secondary N) is 1. The van der Waals surface area contributed by atoms with Crippen LogP contribution < -0.4 is 5.32 Å². The number of piperazine rings is 1. The molecular weight excluding hydrogens is 240 g/mol. The minimum Gasteiger partial charge on any atom is -0.314 e. The Morgan fingerprint density at radius 1 is 1.19 bits per heavy atom. The lowest BCUT2D eigenvalue weighted by molar-refractivity contribution is 0.233. The van der Waals surface area contributed by atoms with Crippen LogP contribution in [0.25, 0.3) is 0 Å². The van der Waals surface area contributed by atoms with E-state index in [1.54, 1.807) is 11.8 Å². The first-order valence-electron chi connectivity index (χ1n) is 5.44. The SMILES string of the molecule is CSc1ccc(CN2CCNCC2)cc1.Cl. The molecule has 0 aromatic heterocycles. The molecule has 0 amide bonds. The zero-order chi connectivity index (χ0) is 10.5. The minimum atomic E-state index is 0. The molecule has 0 atom stereocenters. The third kappa shape index (κ3) is 3.98. The third-order valence-corrected chi connectivity index (χ3v) is 3.52. The summed E-state index contributed by atoms with van der Waals surface area (Å²) in [6.45, 7) is 5.69. The van der Waals surface area contributed by atoms with Crippen molar-refractivity contribution in [3.8, 4) is 0 Å². The van der Waals surface area contributed by atoms with E-state index >= 15 is 0 Å². The first-order chi connectivity index (χ1) is 7.38. The molecule has 90 valence electrons. The molecule has 1 aromatic carbocycles.